The van der Waals surface area contributed by atoms with Gasteiger partial charge >= 0.3 is 0 Å². The number of hydrogen-bond donors (Lipinski definition) is 1. The zero-order valence-corrected chi connectivity index (χ0v) is 12.6. The zero-order valence-electron chi connectivity index (χ0n) is 12.6. The Kier molecular flexibility index (Phi) is 4.09. The first kappa shape index (κ1) is 15.2. The van der Waals surface area contributed by atoms with Crippen LogP contribution >= 0.6 is 0 Å². The predicted molar refractivity (Wildman–Crippen MR) is 79.9 cm³/mol. The maximum absolute atomic E-state index is 10.7. The normalized spacial score (nSPS) is 11.6. The Balaban J connectivity index is 2.20. The summed E-state index contributed by atoms with van der Waals surface area (Å²) >= 11 is 0. The smallest absolute Gasteiger partial charge is 0.269 e. The molecule has 1 aromatic carbocycles. The highest BCUT2D eigenvalue weighted by atomic mass is 16.6. The van der Waals surface area contributed by atoms with Gasteiger partial charge in [0.25, 0.3) is 5.69 Å². The molecule has 0 amide bonds. The molecule has 1 heterocycles. The fraction of sp³-hybridized carbons (Fsp3) is 0.400. The quantitative estimate of drug-likeness (QED) is 0.688. The summed E-state index contributed by atoms with van der Waals surface area (Å²) in [7, 11) is 0. The Hall–Kier alpha value is -2.21. The lowest BCUT2D eigenvalue weighted by molar-refractivity contribution is -0.384. The SMILES string of the molecule is Cc1cc([N+](=O)[O-])ccc1-c1nc(CNC(C)(C)C)co1. The molecular formula is C15H19N3O3. The lowest BCUT2D eigenvalue weighted by Gasteiger charge is -2.19. The average molecular weight is 289 g/mol. The number of rotatable bonds is 4. The van der Waals surface area contributed by atoms with Gasteiger partial charge in [-0.15, -0.1) is 0 Å². The molecule has 0 aliphatic heterocycles. The van der Waals surface area contributed by atoms with Gasteiger partial charge in [0.05, 0.1) is 10.6 Å². The fourth-order valence-corrected chi connectivity index (χ4v) is 1.87. The zero-order chi connectivity index (χ0) is 15.6. The summed E-state index contributed by atoms with van der Waals surface area (Å²) in [5, 5.41) is 14.1. The molecule has 1 N–H and O–H groups in total. The summed E-state index contributed by atoms with van der Waals surface area (Å²) in [6.45, 7) is 8.65. The minimum atomic E-state index is -0.412. The summed E-state index contributed by atoms with van der Waals surface area (Å²) in [4.78, 5) is 14.8. The van der Waals surface area contributed by atoms with Gasteiger partial charge in [-0.25, -0.2) is 4.98 Å². The first-order chi connectivity index (χ1) is 9.76. The van der Waals surface area contributed by atoms with E-state index in [-0.39, 0.29) is 11.2 Å². The maximum Gasteiger partial charge on any atom is 0.269 e. The summed E-state index contributed by atoms with van der Waals surface area (Å²) in [6.07, 6.45) is 1.61. The molecule has 0 bridgehead atoms. The van der Waals surface area contributed by atoms with Gasteiger partial charge in [-0.1, -0.05) is 0 Å². The van der Waals surface area contributed by atoms with E-state index >= 15 is 0 Å². The van der Waals surface area contributed by atoms with Crippen LogP contribution in [0.5, 0.6) is 0 Å². The standard InChI is InChI=1S/C15H19N3O3/c1-10-7-12(18(19)20)5-6-13(10)14-17-11(9-21-14)8-16-15(2,3)4/h5-7,9,16H,8H2,1-4H3. The molecule has 6 heteroatoms. The Morgan fingerprint density at radius 1 is 1.38 bits per heavy atom. The highest BCUT2D eigenvalue weighted by Crippen LogP contribution is 2.26. The third kappa shape index (κ3) is 3.88. The molecule has 0 fully saturated rings. The molecule has 112 valence electrons. The number of nitro benzene ring substituents is 1. The van der Waals surface area contributed by atoms with Crippen LogP contribution in [-0.2, 0) is 6.54 Å². The molecule has 0 saturated heterocycles. The molecule has 2 rings (SSSR count). The minimum absolute atomic E-state index is 0.00237. The van der Waals surface area contributed by atoms with Gasteiger partial charge in [-0.05, 0) is 39.3 Å². The maximum atomic E-state index is 10.7. The van der Waals surface area contributed by atoms with E-state index in [9.17, 15) is 10.1 Å². The Bertz CT molecular complexity index is 656. The lowest BCUT2D eigenvalue weighted by Crippen LogP contribution is -2.35. The number of non-ortho nitro benzene ring substituents is 1. The molecule has 0 saturated carbocycles. The summed E-state index contributed by atoms with van der Waals surface area (Å²) in [6, 6.07) is 4.65. The Morgan fingerprint density at radius 2 is 2.10 bits per heavy atom. The molecule has 21 heavy (non-hydrogen) atoms. The molecular weight excluding hydrogens is 270 g/mol. The van der Waals surface area contributed by atoms with Crippen LogP contribution in [0.3, 0.4) is 0 Å². The van der Waals surface area contributed by atoms with Crippen molar-refractivity contribution in [2.24, 2.45) is 0 Å². The van der Waals surface area contributed by atoms with E-state index in [2.05, 4.69) is 31.1 Å². The number of nitrogens with one attached hydrogen (secondary N) is 1. The number of nitrogens with zero attached hydrogens (tertiary/aromatic N) is 2. The minimum Gasteiger partial charge on any atom is -0.444 e. The van der Waals surface area contributed by atoms with Crippen LogP contribution in [0.4, 0.5) is 5.69 Å². The van der Waals surface area contributed by atoms with Crippen molar-refractivity contribution in [2.75, 3.05) is 0 Å². The van der Waals surface area contributed by atoms with Gasteiger partial charge in [0, 0.05) is 29.8 Å². The van der Waals surface area contributed by atoms with E-state index in [0.29, 0.717) is 12.4 Å². The largest absolute Gasteiger partial charge is 0.444 e. The van der Waals surface area contributed by atoms with Crippen molar-refractivity contribution >= 4 is 5.69 Å². The van der Waals surface area contributed by atoms with Crippen molar-refractivity contribution in [1.29, 1.82) is 0 Å². The number of benzene rings is 1. The van der Waals surface area contributed by atoms with Crippen molar-refractivity contribution in [2.45, 2.75) is 39.8 Å². The van der Waals surface area contributed by atoms with E-state index in [1.165, 1.54) is 12.1 Å². The summed E-state index contributed by atoms with van der Waals surface area (Å²) in [5.74, 6) is 0.480. The number of hydrogen-bond acceptors (Lipinski definition) is 5. The number of aryl methyl sites for hydroxylation is 1. The molecule has 0 spiro atoms. The molecule has 0 aliphatic carbocycles. The van der Waals surface area contributed by atoms with Gasteiger partial charge in [0.1, 0.15) is 6.26 Å². The second-order valence-electron chi connectivity index (χ2n) is 6.00. The summed E-state index contributed by atoms with van der Waals surface area (Å²) in [5.41, 5.74) is 2.40. The monoisotopic (exact) mass is 289 g/mol. The third-order valence-corrected chi connectivity index (χ3v) is 3.00. The van der Waals surface area contributed by atoms with Gasteiger partial charge in [-0.3, -0.25) is 10.1 Å². The van der Waals surface area contributed by atoms with E-state index in [1.807, 2.05) is 0 Å². The summed E-state index contributed by atoms with van der Waals surface area (Å²) < 4.78 is 5.48. The lowest BCUT2D eigenvalue weighted by atomic mass is 10.1. The van der Waals surface area contributed by atoms with Gasteiger partial charge in [-0.2, -0.15) is 0 Å². The molecule has 0 aliphatic rings. The van der Waals surface area contributed by atoms with Crippen LogP contribution in [-0.4, -0.2) is 15.4 Å². The van der Waals surface area contributed by atoms with Crippen LogP contribution in [0, 0.1) is 17.0 Å². The van der Waals surface area contributed by atoms with Crippen LogP contribution in [0.15, 0.2) is 28.9 Å². The topological polar surface area (TPSA) is 81.2 Å². The van der Waals surface area contributed by atoms with Crippen molar-refractivity contribution in [1.82, 2.24) is 10.3 Å². The molecule has 1 aromatic heterocycles. The van der Waals surface area contributed by atoms with Crippen LogP contribution in [0.1, 0.15) is 32.0 Å². The van der Waals surface area contributed by atoms with Crippen molar-refractivity contribution in [3.63, 3.8) is 0 Å². The predicted octanol–water partition coefficient (Wildman–Crippen LogP) is 3.45. The van der Waals surface area contributed by atoms with Crippen LogP contribution in [0.25, 0.3) is 11.5 Å². The second kappa shape index (κ2) is 5.65. The van der Waals surface area contributed by atoms with Crippen LogP contribution in [0.2, 0.25) is 0 Å². The average Bonchev–Trinajstić information content (AvgIpc) is 2.84. The molecule has 0 unspecified atom stereocenters. The number of nitro groups is 1. The van der Waals surface area contributed by atoms with Crippen molar-refractivity contribution in [3.05, 3.63) is 45.8 Å². The highest BCUT2D eigenvalue weighted by molar-refractivity contribution is 5.61. The highest BCUT2D eigenvalue weighted by Gasteiger charge is 2.15. The molecule has 6 nitrogen and oxygen atoms in total. The Labute approximate surface area is 123 Å². The van der Waals surface area contributed by atoms with Crippen molar-refractivity contribution in [3.8, 4) is 11.5 Å². The number of aromatic nitrogens is 1. The third-order valence-electron chi connectivity index (χ3n) is 3.00. The van der Waals surface area contributed by atoms with E-state index in [1.54, 1.807) is 19.3 Å². The van der Waals surface area contributed by atoms with Gasteiger partial charge in [0.2, 0.25) is 5.89 Å². The first-order valence-electron chi connectivity index (χ1n) is 6.71. The molecule has 0 radical (unpaired) electrons. The van der Waals surface area contributed by atoms with Crippen LogP contribution < -0.4 is 5.32 Å². The van der Waals surface area contributed by atoms with E-state index < -0.39 is 4.92 Å². The van der Waals surface area contributed by atoms with Gasteiger partial charge < -0.3 is 9.73 Å². The van der Waals surface area contributed by atoms with E-state index in [4.69, 9.17) is 4.42 Å². The van der Waals surface area contributed by atoms with E-state index in [0.717, 1.165) is 16.8 Å². The van der Waals surface area contributed by atoms with Gasteiger partial charge in [0.15, 0.2) is 0 Å². The first-order valence-corrected chi connectivity index (χ1v) is 6.71. The number of oxazole rings is 1. The second-order valence-corrected chi connectivity index (χ2v) is 6.00. The van der Waals surface area contributed by atoms with Crippen molar-refractivity contribution < 1.29 is 9.34 Å². The Morgan fingerprint density at radius 3 is 2.67 bits per heavy atom. The molecule has 0 atom stereocenters. The molecule has 2 aromatic rings. The fourth-order valence-electron chi connectivity index (χ4n) is 1.87.